The summed E-state index contributed by atoms with van der Waals surface area (Å²) in [7, 11) is 0.942. The Morgan fingerprint density at radius 1 is 1.03 bits per heavy atom. The minimum Gasteiger partial charge on any atom is -0.467 e. The van der Waals surface area contributed by atoms with Gasteiger partial charge in [-0.2, -0.15) is 4.31 Å². The fourth-order valence-electron chi connectivity index (χ4n) is 3.81. The zero-order valence-corrected chi connectivity index (χ0v) is 21.0. The number of rotatable bonds is 7. The van der Waals surface area contributed by atoms with Crippen LogP contribution >= 0.6 is 0 Å². The number of anilines is 1. The van der Waals surface area contributed by atoms with E-state index in [1.165, 1.54) is 31.1 Å². The van der Waals surface area contributed by atoms with Gasteiger partial charge >= 0.3 is 5.97 Å². The lowest BCUT2D eigenvalue weighted by Gasteiger charge is -2.39. The third-order valence-corrected chi connectivity index (χ3v) is 7.74. The van der Waals surface area contributed by atoms with Crippen LogP contribution in [0.4, 0.5) is 5.69 Å². The molecular weight excluding hydrogens is 472 g/mol. The van der Waals surface area contributed by atoms with Crippen LogP contribution in [0.1, 0.15) is 17.3 Å². The summed E-state index contributed by atoms with van der Waals surface area (Å²) in [5.41, 5.74) is 1.35. The van der Waals surface area contributed by atoms with E-state index in [-0.39, 0.29) is 30.4 Å². The number of ether oxygens (including phenoxy) is 1. The molecule has 0 aromatic heterocycles. The highest BCUT2D eigenvalue weighted by Crippen LogP contribution is 2.23. The van der Waals surface area contributed by atoms with Gasteiger partial charge in [0.05, 0.1) is 12.0 Å². The summed E-state index contributed by atoms with van der Waals surface area (Å²) in [6.45, 7) is 1.30. The second-order valence-corrected chi connectivity index (χ2v) is 10.3. The largest absolute Gasteiger partial charge is 0.467 e. The molecule has 1 aliphatic rings. The molecule has 2 aromatic carbocycles. The Hall–Kier alpha value is -3.44. The van der Waals surface area contributed by atoms with Gasteiger partial charge in [0.25, 0.3) is 5.91 Å². The van der Waals surface area contributed by atoms with Gasteiger partial charge in [0.2, 0.25) is 15.9 Å². The van der Waals surface area contributed by atoms with Gasteiger partial charge in [0.1, 0.15) is 12.1 Å². The van der Waals surface area contributed by atoms with E-state index in [0.717, 1.165) is 9.99 Å². The van der Waals surface area contributed by atoms with Crippen molar-refractivity contribution in [1.29, 1.82) is 0 Å². The van der Waals surface area contributed by atoms with Crippen LogP contribution < -0.4 is 10.2 Å². The fraction of sp³-hybridized carbons (Fsp3) is 0.375. The maximum absolute atomic E-state index is 13.4. The van der Waals surface area contributed by atoms with Crippen molar-refractivity contribution < 1.29 is 27.5 Å². The highest BCUT2D eigenvalue weighted by molar-refractivity contribution is 7.89. The summed E-state index contributed by atoms with van der Waals surface area (Å²) < 4.78 is 32.5. The third kappa shape index (κ3) is 5.80. The number of amides is 2. The van der Waals surface area contributed by atoms with Gasteiger partial charge in [0.15, 0.2) is 0 Å². The molecule has 2 aromatic rings. The van der Waals surface area contributed by atoms with Gasteiger partial charge in [-0.1, -0.05) is 18.2 Å². The number of esters is 1. The van der Waals surface area contributed by atoms with Crippen LogP contribution in [0, 0.1) is 0 Å². The lowest BCUT2D eigenvalue weighted by molar-refractivity contribution is -0.145. The molecule has 11 heteroatoms. The molecule has 0 aliphatic carbocycles. The molecule has 0 spiro atoms. The van der Waals surface area contributed by atoms with Crippen molar-refractivity contribution in [2.75, 3.05) is 45.7 Å². The summed E-state index contributed by atoms with van der Waals surface area (Å²) >= 11 is 0. The van der Waals surface area contributed by atoms with Gasteiger partial charge in [-0.05, 0) is 43.3 Å². The van der Waals surface area contributed by atoms with Crippen molar-refractivity contribution in [2.24, 2.45) is 0 Å². The highest BCUT2D eigenvalue weighted by Gasteiger charge is 2.42. The normalized spacial score (nSPS) is 17.4. The summed E-state index contributed by atoms with van der Waals surface area (Å²) in [5, 5.41) is 2.51. The number of benzene rings is 2. The molecule has 0 saturated carbocycles. The molecule has 2 atom stereocenters. The Balaban J connectivity index is 1.89. The molecule has 3 rings (SSSR count). The Labute approximate surface area is 205 Å². The lowest BCUT2D eigenvalue weighted by Crippen LogP contribution is -2.62. The smallest absolute Gasteiger partial charge is 0.328 e. The molecule has 0 unspecified atom stereocenters. The Morgan fingerprint density at radius 2 is 1.66 bits per heavy atom. The van der Waals surface area contributed by atoms with E-state index in [1.807, 2.05) is 31.1 Å². The molecule has 188 valence electrons. The first-order valence-electron chi connectivity index (χ1n) is 11.1. The van der Waals surface area contributed by atoms with Gasteiger partial charge < -0.3 is 19.9 Å². The molecule has 0 radical (unpaired) electrons. The Morgan fingerprint density at radius 3 is 2.23 bits per heavy atom. The summed E-state index contributed by atoms with van der Waals surface area (Å²) in [6, 6.07) is 12.6. The molecule has 1 aliphatic heterocycles. The van der Waals surface area contributed by atoms with Crippen molar-refractivity contribution in [1.82, 2.24) is 14.5 Å². The number of carbonyl (C=O) groups excluding carboxylic acids is 3. The topological polar surface area (TPSA) is 116 Å². The van der Waals surface area contributed by atoms with E-state index in [1.54, 1.807) is 30.3 Å². The molecule has 1 fully saturated rings. The average molecular weight is 503 g/mol. The lowest BCUT2D eigenvalue weighted by atomic mass is 10.1. The second-order valence-electron chi connectivity index (χ2n) is 8.39. The van der Waals surface area contributed by atoms with E-state index in [2.05, 4.69) is 10.1 Å². The standard InChI is InChI=1S/C24H30N4O6S/c1-17(24(31)34-4)25-22(29)21-16-27(23(30)18-10-12-19(13-11-18)26(2)3)14-15-28(21)35(32,33)20-8-6-5-7-9-20/h5-13,17,21H,14-16H2,1-4H3,(H,25,29)/t17-,21-/m1/s1. The van der Waals surface area contributed by atoms with E-state index in [0.29, 0.717) is 5.56 Å². The van der Waals surface area contributed by atoms with Gasteiger partial charge in [-0.3, -0.25) is 9.59 Å². The van der Waals surface area contributed by atoms with Crippen LogP contribution in [0.5, 0.6) is 0 Å². The average Bonchev–Trinajstić information content (AvgIpc) is 2.87. The van der Waals surface area contributed by atoms with Crippen molar-refractivity contribution in [3.63, 3.8) is 0 Å². The minimum atomic E-state index is -4.03. The third-order valence-electron chi connectivity index (χ3n) is 5.82. The molecule has 1 heterocycles. The van der Waals surface area contributed by atoms with Crippen LogP contribution in [0.15, 0.2) is 59.5 Å². The number of methoxy groups -OCH3 is 1. The molecule has 10 nitrogen and oxygen atoms in total. The number of carbonyl (C=O) groups is 3. The fourth-order valence-corrected chi connectivity index (χ4v) is 5.40. The first kappa shape index (κ1) is 26.2. The maximum Gasteiger partial charge on any atom is 0.328 e. The SMILES string of the molecule is COC(=O)[C@@H](C)NC(=O)[C@H]1CN(C(=O)c2ccc(N(C)C)cc2)CCN1S(=O)(=O)c1ccccc1. The summed E-state index contributed by atoms with van der Waals surface area (Å²) in [4.78, 5) is 41.6. The quantitative estimate of drug-likeness (QED) is 0.560. The summed E-state index contributed by atoms with van der Waals surface area (Å²) in [6.07, 6.45) is 0. The number of hydrogen-bond donors (Lipinski definition) is 1. The molecule has 1 saturated heterocycles. The number of nitrogens with one attached hydrogen (secondary N) is 1. The first-order chi connectivity index (χ1) is 16.6. The van der Waals surface area contributed by atoms with E-state index >= 15 is 0 Å². The number of hydrogen-bond acceptors (Lipinski definition) is 7. The monoisotopic (exact) mass is 502 g/mol. The van der Waals surface area contributed by atoms with E-state index in [9.17, 15) is 22.8 Å². The minimum absolute atomic E-state index is 0.0397. The van der Waals surface area contributed by atoms with Crippen molar-refractivity contribution in [3.05, 3.63) is 60.2 Å². The van der Waals surface area contributed by atoms with Gasteiger partial charge in [0, 0.05) is 45.0 Å². The van der Waals surface area contributed by atoms with Gasteiger partial charge in [-0.25, -0.2) is 13.2 Å². The van der Waals surface area contributed by atoms with Crippen molar-refractivity contribution in [2.45, 2.75) is 23.9 Å². The van der Waals surface area contributed by atoms with Crippen LogP contribution in [0.25, 0.3) is 0 Å². The predicted octanol–water partition coefficient (Wildman–Crippen LogP) is 0.946. The number of sulfonamides is 1. The molecular formula is C24H30N4O6S. The zero-order valence-electron chi connectivity index (χ0n) is 20.2. The van der Waals surface area contributed by atoms with E-state index < -0.39 is 34.0 Å². The van der Waals surface area contributed by atoms with Crippen molar-refractivity contribution >= 4 is 33.5 Å². The second kappa shape index (κ2) is 10.9. The molecule has 35 heavy (non-hydrogen) atoms. The predicted molar refractivity (Wildman–Crippen MR) is 130 cm³/mol. The highest BCUT2D eigenvalue weighted by atomic mass is 32.2. The van der Waals surface area contributed by atoms with Crippen LogP contribution in [0.3, 0.4) is 0 Å². The van der Waals surface area contributed by atoms with Crippen LogP contribution in [-0.2, 0) is 24.3 Å². The number of piperazine rings is 1. The Kier molecular flexibility index (Phi) is 8.13. The molecule has 1 N–H and O–H groups in total. The summed E-state index contributed by atoms with van der Waals surface area (Å²) in [5.74, 6) is -1.67. The first-order valence-corrected chi connectivity index (χ1v) is 12.5. The van der Waals surface area contributed by atoms with Crippen LogP contribution in [-0.4, -0.2) is 88.3 Å². The van der Waals surface area contributed by atoms with Crippen molar-refractivity contribution in [3.8, 4) is 0 Å². The molecule has 2 amide bonds. The van der Waals surface area contributed by atoms with Gasteiger partial charge in [-0.15, -0.1) is 0 Å². The molecule has 0 bridgehead atoms. The zero-order chi connectivity index (χ0) is 25.8. The number of nitrogens with zero attached hydrogens (tertiary/aromatic N) is 3. The van der Waals surface area contributed by atoms with Crippen LogP contribution in [0.2, 0.25) is 0 Å². The Bertz CT molecular complexity index is 1170. The van der Waals surface area contributed by atoms with E-state index in [4.69, 9.17) is 0 Å². The maximum atomic E-state index is 13.4.